The molecule has 0 atom stereocenters. The van der Waals surface area contributed by atoms with Crippen LogP contribution in [0.25, 0.3) is 0 Å². The average molecular weight is 278 g/mol. The van der Waals surface area contributed by atoms with E-state index in [0.29, 0.717) is 18.7 Å². The maximum Gasteiger partial charge on any atom is 0.304 e. The van der Waals surface area contributed by atoms with Crippen molar-refractivity contribution in [3.05, 3.63) is 35.9 Å². The van der Waals surface area contributed by atoms with Crippen LogP contribution in [0, 0.1) is 0 Å². The molecular weight excluding hydrogens is 256 g/mol. The number of ketones is 1. The lowest BCUT2D eigenvalue weighted by Gasteiger charge is -2.22. The molecule has 0 aliphatic rings. The Kier molecular flexibility index (Phi) is 6.90. The lowest BCUT2D eigenvalue weighted by molar-refractivity contribution is -0.137. The van der Waals surface area contributed by atoms with Gasteiger partial charge in [0.15, 0.2) is 5.78 Å². The summed E-state index contributed by atoms with van der Waals surface area (Å²) in [6, 6.07) is 9.08. The molecule has 0 amide bonds. The van der Waals surface area contributed by atoms with Crippen molar-refractivity contribution in [2.24, 2.45) is 0 Å². The molecule has 0 aromatic heterocycles. The molecule has 0 aliphatic carbocycles. The normalized spacial score (nSPS) is 11.0. The largest absolute Gasteiger partial charge is 0.481 e. The van der Waals surface area contributed by atoms with Crippen molar-refractivity contribution in [3.63, 3.8) is 0 Å². The maximum atomic E-state index is 12.1. The minimum Gasteiger partial charge on any atom is -0.481 e. The fraction of sp³-hybridized carbons (Fsp3) is 0.467. The third-order valence-electron chi connectivity index (χ3n) is 2.97. The first kappa shape index (κ1) is 16.3. The van der Waals surface area contributed by atoms with Gasteiger partial charge in [0.05, 0.1) is 13.0 Å². The third kappa shape index (κ3) is 6.45. The van der Waals surface area contributed by atoms with Crippen LogP contribution in [-0.2, 0) is 4.79 Å². The van der Waals surface area contributed by atoms with Gasteiger partial charge in [-0.2, -0.15) is 0 Å². The van der Waals surface area contributed by atoms with Crippen LogP contribution < -0.4 is 0 Å². The van der Waals surface area contributed by atoms with Crippen molar-refractivity contribution < 1.29 is 14.7 Å². The zero-order chi connectivity index (χ0) is 15.0. The molecule has 0 unspecified atom stereocenters. The molecule has 0 aliphatic heterocycles. The van der Waals surface area contributed by atoms with Crippen LogP contribution in [0.1, 0.15) is 16.8 Å². The van der Waals surface area contributed by atoms with Crippen LogP contribution in [-0.4, -0.2) is 66.9 Å². The van der Waals surface area contributed by atoms with E-state index in [9.17, 15) is 9.59 Å². The molecule has 110 valence electrons. The van der Waals surface area contributed by atoms with Crippen LogP contribution >= 0.6 is 0 Å². The summed E-state index contributed by atoms with van der Waals surface area (Å²) in [4.78, 5) is 26.7. The van der Waals surface area contributed by atoms with Gasteiger partial charge in [0, 0.05) is 25.2 Å². The first-order chi connectivity index (χ1) is 9.49. The summed E-state index contributed by atoms with van der Waals surface area (Å²) in [5.74, 6) is -0.818. The molecule has 0 heterocycles. The first-order valence-corrected chi connectivity index (χ1v) is 6.66. The monoisotopic (exact) mass is 278 g/mol. The highest BCUT2D eigenvalue weighted by Crippen LogP contribution is 2.03. The Morgan fingerprint density at radius 3 is 2.25 bits per heavy atom. The van der Waals surface area contributed by atoms with E-state index in [2.05, 4.69) is 0 Å². The quantitative estimate of drug-likeness (QED) is 0.688. The second-order valence-electron chi connectivity index (χ2n) is 5.01. The van der Waals surface area contributed by atoms with Gasteiger partial charge in [0.1, 0.15) is 0 Å². The molecule has 0 spiro atoms. The first-order valence-electron chi connectivity index (χ1n) is 6.66. The standard InChI is InChI=1S/C15H22N2O3/c1-16(2)10-11-17(9-8-15(19)20)12-14(18)13-6-4-3-5-7-13/h3-7H,8-12H2,1-2H3,(H,19,20). The van der Waals surface area contributed by atoms with Gasteiger partial charge in [0.25, 0.3) is 0 Å². The zero-order valence-electron chi connectivity index (χ0n) is 12.1. The Morgan fingerprint density at radius 1 is 1.05 bits per heavy atom. The van der Waals surface area contributed by atoms with Crippen LogP contribution in [0.4, 0.5) is 0 Å². The van der Waals surface area contributed by atoms with E-state index in [-0.39, 0.29) is 18.7 Å². The molecule has 20 heavy (non-hydrogen) atoms. The molecule has 0 fully saturated rings. The Labute approximate surface area is 119 Å². The lowest BCUT2D eigenvalue weighted by Crippen LogP contribution is -2.37. The van der Waals surface area contributed by atoms with Crippen LogP contribution in [0.5, 0.6) is 0 Å². The Hall–Kier alpha value is -1.72. The van der Waals surface area contributed by atoms with E-state index in [1.54, 1.807) is 12.1 Å². The maximum absolute atomic E-state index is 12.1. The summed E-state index contributed by atoms with van der Waals surface area (Å²) < 4.78 is 0. The molecule has 1 aromatic carbocycles. The summed E-state index contributed by atoms with van der Waals surface area (Å²) in [5.41, 5.74) is 0.665. The van der Waals surface area contributed by atoms with Crippen LogP contribution in [0.2, 0.25) is 0 Å². The molecule has 0 bridgehead atoms. The number of aliphatic carboxylic acids is 1. The summed E-state index contributed by atoms with van der Waals surface area (Å²) in [6.07, 6.45) is 0.0511. The second-order valence-corrected chi connectivity index (χ2v) is 5.01. The number of hydrogen-bond donors (Lipinski definition) is 1. The van der Waals surface area contributed by atoms with Gasteiger partial charge in [-0.1, -0.05) is 30.3 Å². The number of carbonyl (C=O) groups is 2. The highest BCUT2D eigenvalue weighted by atomic mass is 16.4. The zero-order valence-corrected chi connectivity index (χ0v) is 12.1. The van der Waals surface area contributed by atoms with Crippen LogP contribution in [0.3, 0.4) is 0 Å². The van der Waals surface area contributed by atoms with Crippen molar-refractivity contribution in [2.75, 3.05) is 40.3 Å². The molecule has 0 saturated heterocycles. The molecule has 0 saturated carbocycles. The van der Waals surface area contributed by atoms with Crippen molar-refractivity contribution in [3.8, 4) is 0 Å². The number of carboxylic acids is 1. The van der Waals surface area contributed by atoms with E-state index in [0.717, 1.165) is 6.54 Å². The molecular formula is C15H22N2O3. The number of rotatable bonds is 9. The van der Waals surface area contributed by atoms with Crippen molar-refractivity contribution >= 4 is 11.8 Å². The van der Waals surface area contributed by atoms with Crippen molar-refractivity contribution in [1.82, 2.24) is 9.80 Å². The number of carboxylic acid groups (broad SMARTS) is 1. The van der Waals surface area contributed by atoms with E-state index < -0.39 is 5.97 Å². The molecule has 5 nitrogen and oxygen atoms in total. The molecule has 1 aromatic rings. The summed E-state index contributed by atoms with van der Waals surface area (Å²) >= 11 is 0. The predicted octanol–water partition coefficient (Wildman–Crippen LogP) is 1.21. The minimum atomic E-state index is -0.841. The number of nitrogens with zero attached hydrogens (tertiary/aromatic N) is 2. The SMILES string of the molecule is CN(C)CCN(CCC(=O)O)CC(=O)c1ccccc1. The summed E-state index contributed by atoms with van der Waals surface area (Å²) in [5, 5.41) is 8.77. The number of carbonyl (C=O) groups excluding carboxylic acids is 1. The van der Waals surface area contributed by atoms with E-state index in [4.69, 9.17) is 5.11 Å². The predicted molar refractivity (Wildman–Crippen MR) is 78.0 cm³/mol. The second kappa shape index (κ2) is 8.45. The third-order valence-corrected chi connectivity index (χ3v) is 2.97. The van der Waals surface area contributed by atoms with E-state index >= 15 is 0 Å². The van der Waals surface area contributed by atoms with Crippen molar-refractivity contribution in [1.29, 1.82) is 0 Å². The number of likely N-dealkylation sites (N-methyl/N-ethyl adjacent to an activating group) is 1. The average Bonchev–Trinajstić information content (AvgIpc) is 2.42. The molecule has 1 rings (SSSR count). The highest BCUT2D eigenvalue weighted by molar-refractivity contribution is 5.97. The van der Waals surface area contributed by atoms with Gasteiger partial charge in [-0.25, -0.2) is 0 Å². The van der Waals surface area contributed by atoms with Gasteiger partial charge in [-0.3, -0.25) is 14.5 Å². The number of Topliss-reactive ketones (excluding diaryl/α,β-unsaturated/α-hetero) is 1. The topological polar surface area (TPSA) is 60.9 Å². The number of benzene rings is 1. The van der Waals surface area contributed by atoms with Gasteiger partial charge in [-0.05, 0) is 14.1 Å². The van der Waals surface area contributed by atoms with Gasteiger partial charge in [0.2, 0.25) is 0 Å². The Morgan fingerprint density at radius 2 is 1.70 bits per heavy atom. The van der Waals surface area contributed by atoms with Gasteiger partial charge in [-0.15, -0.1) is 0 Å². The Bertz CT molecular complexity index is 432. The minimum absolute atomic E-state index is 0.0229. The molecule has 1 N–H and O–H groups in total. The molecule has 5 heteroatoms. The van der Waals surface area contributed by atoms with Gasteiger partial charge < -0.3 is 10.0 Å². The Balaban J connectivity index is 2.58. The smallest absolute Gasteiger partial charge is 0.304 e. The fourth-order valence-corrected chi connectivity index (χ4v) is 1.78. The molecule has 0 radical (unpaired) electrons. The summed E-state index contributed by atoms with van der Waals surface area (Å²) in [7, 11) is 3.91. The van der Waals surface area contributed by atoms with E-state index in [1.165, 1.54) is 0 Å². The van der Waals surface area contributed by atoms with Crippen molar-refractivity contribution in [2.45, 2.75) is 6.42 Å². The van der Waals surface area contributed by atoms with E-state index in [1.807, 2.05) is 42.1 Å². The van der Waals surface area contributed by atoms with Crippen LogP contribution in [0.15, 0.2) is 30.3 Å². The lowest BCUT2D eigenvalue weighted by atomic mass is 10.1. The highest BCUT2D eigenvalue weighted by Gasteiger charge is 2.13. The number of hydrogen-bond acceptors (Lipinski definition) is 4. The fourth-order valence-electron chi connectivity index (χ4n) is 1.78. The van der Waals surface area contributed by atoms with Gasteiger partial charge >= 0.3 is 5.97 Å². The summed E-state index contributed by atoms with van der Waals surface area (Å²) in [6.45, 7) is 2.12.